The number of carbonyl (C=O) groups excluding carboxylic acids is 2. The lowest BCUT2D eigenvalue weighted by atomic mass is 9.89. The second-order valence-corrected chi connectivity index (χ2v) is 9.89. The topological polar surface area (TPSA) is 93.1 Å². The SMILES string of the molecule is Cc1cc(C)c(NC(=O)CNC(=O)Cn2cnc3sc4c(c3c2=O)CC[C@H](C)C4)c(C)c1. The van der Waals surface area contributed by atoms with Gasteiger partial charge in [0, 0.05) is 10.6 Å². The fourth-order valence-electron chi connectivity index (χ4n) is 4.43. The normalized spacial score (nSPS) is 15.4. The number of aryl methyl sites for hydroxylation is 4. The highest BCUT2D eigenvalue weighted by Gasteiger charge is 2.23. The van der Waals surface area contributed by atoms with Gasteiger partial charge in [0.1, 0.15) is 11.4 Å². The molecule has 1 aromatic carbocycles. The van der Waals surface area contributed by atoms with Crippen molar-refractivity contribution in [2.45, 2.75) is 53.5 Å². The molecule has 0 radical (unpaired) electrons. The molecule has 4 rings (SSSR count). The molecule has 1 aliphatic rings. The van der Waals surface area contributed by atoms with E-state index in [-0.39, 0.29) is 24.6 Å². The summed E-state index contributed by atoms with van der Waals surface area (Å²) in [4.78, 5) is 44.2. The van der Waals surface area contributed by atoms with E-state index in [1.54, 1.807) is 11.3 Å². The number of anilines is 1. The molecular weight excluding hydrogens is 424 g/mol. The molecule has 0 unspecified atom stereocenters. The van der Waals surface area contributed by atoms with Crippen LogP contribution in [0.4, 0.5) is 5.69 Å². The fraction of sp³-hybridized carbons (Fsp3) is 0.417. The zero-order chi connectivity index (χ0) is 23.0. The Balaban J connectivity index is 1.42. The zero-order valence-electron chi connectivity index (χ0n) is 18.9. The van der Waals surface area contributed by atoms with E-state index in [2.05, 4.69) is 22.5 Å². The van der Waals surface area contributed by atoms with E-state index in [0.29, 0.717) is 11.3 Å². The minimum atomic E-state index is -0.404. The second-order valence-electron chi connectivity index (χ2n) is 8.81. The van der Waals surface area contributed by atoms with Crippen LogP contribution in [0.2, 0.25) is 0 Å². The number of fused-ring (bicyclic) bond motifs is 3. The van der Waals surface area contributed by atoms with Crippen molar-refractivity contribution in [1.82, 2.24) is 14.9 Å². The molecule has 2 amide bonds. The van der Waals surface area contributed by atoms with Gasteiger partial charge in [0.15, 0.2) is 0 Å². The van der Waals surface area contributed by atoms with Crippen LogP contribution in [-0.2, 0) is 29.0 Å². The summed E-state index contributed by atoms with van der Waals surface area (Å²) >= 11 is 1.59. The minimum Gasteiger partial charge on any atom is -0.345 e. The number of aromatic nitrogens is 2. The quantitative estimate of drug-likeness (QED) is 0.621. The van der Waals surface area contributed by atoms with Crippen LogP contribution >= 0.6 is 11.3 Å². The summed E-state index contributed by atoms with van der Waals surface area (Å²) in [6.45, 7) is 7.77. The average Bonchev–Trinajstić information content (AvgIpc) is 3.09. The molecule has 1 atom stereocenters. The van der Waals surface area contributed by atoms with Gasteiger partial charge in [-0.3, -0.25) is 19.0 Å². The molecule has 2 N–H and O–H groups in total. The lowest BCUT2D eigenvalue weighted by Gasteiger charge is -2.17. The molecule has 0 aliphatic heterocycles. The highest BCUT2D eigenvalue weighted by molar-refractivity contribution is 7.18. The van der Waals surface area contributed by atoms with Crippen LogP contribution in [-0.4, -0.2) is 27.9 Å². The van der Waals surface area contributed by atoms with E-state index >= 15 is 0 Å². The molecule has 7 nitrogen and oxygen atoms in total. The third-order valence-electron chi connectivity index (χ3n) is 5.98. The van der Waals surface area contributed by atoms with Crippen molar-refractivity contribution in [3.05, 3.63) is 55.9 Å². The van der Waals surface area contributed by atoms with Crippen LogP contribution in [0.5, 0.6) is 0 Å². The monoisotopic (exact) mass is 452 g/mol. The Kier molecular flexibility index (Phi) is 6.15. The minimum absolute atomic E-state index is 0.165. The van der Waals surface area contributed by atoms with Gasteiger partial charge in [-0.15, -0.1) is 11.3 Å². The molecule has 0 saturated heterocycles. The summed E-state index contributed by atoms with van der Waals surface area (Å²) in [5.41, 5.74) is 4.75. The van der Waals surface area contributed by atoms with Crippen LogP contribution in [0.25, 0.3) is 10.2 Å². The highest BCUT2D eigenvalue weighted by Crippen LogP contribution is 2.35. The first-order valence-corrected chi connectivity index (χ1v) is 11.7. The van der Waals surface area contributed by atoms with Gasteiger partial charge in [0.25, 0.3) is 5.56 Å². The van der Waals surface area contributed by atoms with E-state index in [9.17, 15) is 14.4 Å². The summed E-state index contributed by atoms with van der Waals surface area (Å²) in [5, 5.41) is 6.11. The first-order valence-electron chi connectivity index (χ1n) is 10.9. The Morgan fingerprint density at radius 2 is 1.91 bits per heavy atom. The molecule has 0 bridgehead atoms. The number of thiophene rings is 1. The maximum absolute atomic E-state index is 13.0. The largest absolute Gasteiger partial charge is 0.345 e. The number of hydrogen-bond donors (Lipinski definition) is 2. The highest BCUT2D eigenvalue weighted by atomic mass is 32.1. The first-order chi connectivity index (χ1) is 15.2. The lowest BCUT2D eigenvalue weighted by Crippen LogP contribution is -2.37. The van der Waals surface area contributed by atoms with Crippen LogP contribution in [0.1, 0.15) is 40.5 Å². The molecule has 0 saturated carbocycles. The summed E-state index contributed by atoms with van der Waals surface area (Å²) in [5.74, 6) is -0.101. The molecular formula is C24H28N4O3S. The molecule has 168 valence electrons. The molecule has 0 spiro atoms. The molecule has 2 heterocycles. The number of carbonyl (C=O) groups is 2. The standard InChI is InChI=1S/C24H28N4O3S/c1-13-5-6-17-18(9-13)32-23-21(17)24(31)28(12-26-23)11-20(30)25-10-19(29)27-22-15(3)7-14(2)8-16(22)4/h7-8,12-13H,5-6,9-11H2,1-4H3,(H,25,30)(H,27,29)/t13-/m0/s1. The van der Waals surface area contributed by atoms with E-state index in [1.807, 2.05) is 32.9 Å². The van der Waals surface area contributed by atoms with Crippen molar-refractivity contribution in [3.63, 3.8) is 0 Å². The predicted molar refractivity (Wildman–Crippen MR) is 127 cm³/mol. The third-order valence-corrected chi connectivity index (χ3v) is 7.15. The summed E-state index contributed by atoms with van der Waals surface area (Å²) in [6.07, 6.45) is 4.34. The molecule has 8 heteroatoms. The number of rotatable bonds is 5. The van der Waals surface area contributed by atoms with Gasteiger partial charge in [-0.2, -0.15) is 0 Å². The third kappa shape index (κ3) is 4.46. The average molecular weight is 453 g/mol. The van der Waals surface area contributed by atoms with Crippen molar-refractivity contribution < 1.29 is 9.59 Å². The zero-order valence-corrected chi connectivity index (χ0v) is 19.7. The van der Waals surface area contributed by atoms with E-state index < -0.39 is 5.91 Å². The van der Waals surface area contributed by atoms with Gasteiger partial charge >= 0.3 is 0 Å². The van der Waals surface area contributed by atoms with Crippen molar-refractivity contribution in [2.75, 3.05) is 11.9 Å². The van der Waals surface area contributed by atoms with E-state index in [0.717, 1.165) is 52.0 Å². The van der Waals surface area contributed by atoms with Crippen molar-refractivity contribution >= 4 is 39.1 Å². The summed E-state index contributed by atoms with van der Waals surface area (Å²) in [7, 11) is 0. The lowest BCUT2D eigenvalue weighted by molar-refractivity contribution is -0.124. The number of nitrogens with one attached hydrogen (secondary N) is 2. The van der Waals surface area contributed by atoms with Crippen molar-refractivity contribution in [1.29, 1.82) is 0 Å². The van der Waals surface area contributed by atoms with Gasteiger partial charge in [-0.25, -0.2) is 4.98 Å². The Morgan fingerprint density at radius 1 is 1.19 bits per heavy atom. The van der Waals surface area contributed by atoms with Crippen molar-refractivity contribution in [3.8, 4) is 0 Å². The van der Waals surface area contributed by atoms with Gasteiger partial charge in [0.2, 0.25) is 11.8 Å². The molecule has 2 aromatic heterocycles. The summed E-state index contributed by atoms with van der Waals surface area (Å²) < 4.78 is 1.33. The smallest absolute Gasteiger partial charge is 0.262 e. The number of hydrogen-bond acceptors (Lipinski definition) is 5. The number of nitrogens with zero attached hydrogens (tertiary/aromatic N) is 2. The Morgan fingerprint density at radius 3 is 2.62 bits per heavy atom. The van der Waals surface area contributed by atoms with E-state index in [1.165, 1.54) is 15.8 Å². The molecule has 3 aromatic rings. The predicted octanol–water partition coefficient (Wildman–Crippen LogP) is 3.26. The van der Waals surface area contributed by atoms with E-state index in [4.69, 9.17) is 0 Å². The van der Waals surface area contributed by atoms with Gasteiger partial charge in [-0.05, 0) is 62.6 Å². The van der Waals surface area contributed by atoms with Gasteiger partial charge < -0.3 is 10.6 Å². The van der Waals surface area contributed by atoms with Crippen LogP contribution in [0.15, 0.2) is 23.3 Å². The Hall–Kier alpha value is -3.00. The van der Waals surface area contributed by atoms with Crippen LogP contribution in [0, 0.1) is 26.7 Å². The fourth-order valence-corrected chi connectivity index (χ4v) is 5.77. The van der Waals surface area contributed by atoms with Crippen LogP contribution < -0.4 is 16.2 Å². The summed E-state index contributed by atoms with van der Waals surface area (Å²) in [6, 6.07) is 4.00. The number of amides is 2. The number of benzene rings is 1. The first kappa shape index (κ1) is 22.2. The van der Waals surface area contributed by atoms with Crippen molar-refractivity contribution in [2.24, 2.45) is 5.92 Å². The van der Waals surface area contributed by atoms with Gasteiger partial charge in [0.05, 0.1) is 18.3 Å². The van der Waals surface area contributed by atoms with Crippen LogP contribution in [0.3, 0.4) is 0 Å². The molecule has 1 aliphatic carbocycles. The second kappa shape index (κ2) is 8.86. The Bertz CT molecular complexity index is 1250. The maximum Gasteiger partial charge on any atom is 0.262 e. The van der Waals surface area contributed by atoms with Gasteiger partial charge in [-0.1, -0.05) is 24.6 Å². The molecule has 0 fully saturated rings. The molecule has 32 heavy (non-hydrogen) atoms. The Labute approximate surface area is 190 Å². The maximum atomic E-state index is 13.0.